The number of amides is 1. The number of rotatable bonds is 4. The van der Waals surface area contributed by atoms with Crippen molar-refractivity contribution in [1.82, 2.24) is 4.90 Å². The molecular weight excluding hydrogens is 202 g/mol. The Balaban J connectivity index is 2.95. The number of nitrogens with zero attached hydrogens (tertiary/aromatic N) is 1. The molecule has 0 spiro atoms. The maximum Gasteiger partial charge on any atom is 0.222 e. The quantitative estimate of drug-likeness (QED) is 0.782. The van der Waals surface area contributed by atoms with E-state index in [1.165, 1.54) is 0 Å². The molecule has 1 atom stereocenters. The van der Waals surface area contributed by atoms with Crippen LogP contribution in [-0.2, 0) is 4.79 Å². The fourth-order valence-electron chi connectivity index (χ4n) is 1.69. The van der Waals surface area contributed by atoms with Crippen molar-refractivity contribution in [3.63, 3.8) is 0 Å². The maximum atomic E-state index is 11.6. The monoisotopic (exact) mass is 221 g/mol. The van der Waals surface area contributed by atoms with Gasteiger partial charge in [0.1, 0.15) is 5.75 Å². The standard InChI is InChI=1S/C13H19NO2/c1-5-13(15)14(3)10(2)11-8-6-7-9-12(11)16-4/h6-10H,5H2,1-4H3. The summed E-state index contributed by atoms with van der Waals surface area (Å²) in [4.78, 5) is 13.4. The van der Waals surface area contributed by atoms with E-state index in [1.807, 2.05) is 45.2 Å². The van der Waals surface area contributed by atoms with Gasteiger partial charge in [-0.25, -0.2) is 0 Å². The number of carbonyl (C=O) groups is 1. The fourth-order valence-corrected chi connectivity index (χ4v) is 1.69. The maximum absolute atomic E-state index is 11.6. The predicted molar refractivity (Wildman–Crippen MR) is 64.5 cm³/mol. The molecule has 0 aromatic heterocycles. The Morgan fingerprint density at radius 2 is 2.06 bits per heavy atom. The van der Waals surface area contributed by atoms with Crippen LogP contribution in [0.15, 0.2) is 24.3 Å². The average Bonchev–Trinajstić information content (AvgIpc) is 2.35. The number of methoxy groups -OCH3 is 1. The van der Waals surface area contributed by atoms with E-state index >= 15 is 0 Å². The predicted octanol–water partition coefficient (Wildman–Crippen LogP) is 2.62. The highest BCUT2D eigenvalue weighted by Gasteiger charge is 2.18. The topological polar surface area (TPSA) is 29.5 Å². The summed E-state index contributed by atoms with van der Waals surface area (Å²) in [5.74, 6) is 0.962. The summed E-state index contributed by atoms with van der Waals surface area (Å²) in [6.45, 7) is 3.87. The van der Waals surface area contributed by atoms with E-state index in [0.29, 0.717) is 6.42 Å². The molecule has 1 aromatic rings. The van der Waals surface area contributed by atoms with Gasteiger partial charge in [0.15, 0.2) is 0 Å². The number of carbonyl (C=O) groups excluding carboxylic acids is 1. The second-order valence-corrected chi connectivity index (χ2v) is 3.78. The molecular formula is C13H19NO2. The van der Waals surface area contributed by atoms with Crippen LogP contribution in [0.2, 0.25) is 0 Å². The second-order valence-electron chi connectivity index (χ2n) is 3.78. The van der Waals surface area contributed by atoms with Crippen LogP contribution in [0.5, 0.6) is 5.75 Å². The lowest BCUT2D eigenvalue weighted by Gasteiger charge is -2.26. The molecule has 0 bridgehead atoms. The molecule has 0 saturated heterocycles. The molecule has 0 aliphatic carbocycles. The zero-order chi connectivity index (χ0) is 12.1. The van der Waals surface area contributed by atoms with Gasteiger partial charge in [-0.3, -0.25) is 4.79 Å². The molecule has 0 N–H and O–H groups in total. The van der Waals surface area contributed by atoms with Crippen LogP contribution in [0.25, 0.3) is 0 Å². The van der Waals surface area contributed by atoms with Crippen molar-refractivity contribution < 1.29 is 9.53 Å². The van der Waals surface area contributed by atoms with E-state index < -0.39 is 0 Å². The van der Waals surface area contributed by atoms with Crippen LogP contribution in [-0.4, -0.2) is 25.0 Å². The van der Waals surface area contributed by atoms with Gasteiger partial charge < -0.3 is 9.64 Å². The van der Waals surface area contributed by atoms with Crippen LogP contribution in [0.1, 0.15) is 31.9 Å². The van der Waals surface area contributed by atoms with Gasteiger partial charge >= 0.3 is 0 Å². The molecule has 1 amide bonds. The Morgan fingerprint density at radius 3 is 2.62 bits per heavy atom. The van der Waals surface area contributed by atoms with Gasteiger partial charge in [0.2, 0.25) is 5.91 Å². The molecule has 1 rings (SSSR count). The number of ether oxygens (including phenoxy) is 1. The Kier molecular flexibility index (Phi) is 4.35. The number of hydrogen-bond acceptors (Lipinski definition) is 2. The van der Waals surface area contributed by atoms with Crippen LogP contribution < -0.4 is 4.74 Å². The fraction of sp³-hybridized carbons (Fsp3) is 0.462. The Hall–Kier alpha value is -1.51. The van der Waals surface area contributed by atoms with Crippen molar-refractivity contribution in [2.75, 3.05) is 14.2 Å². The molecule has 0 saturated carbocycles. The minimum absolute atomic E-state index is 0.0311. The summed E-state index contributed by atoms with van der Waals surface area (Å²) in [6, 6.07) is 7.82. The molecule has 1 unspecified atom stereocenters. The zero-order valence-electron chi connectivity index (χ0n) is 10.4. The summed E-state index contributed by atoms with van der Waals surface area (Å²) < 4.78 is 5.29. The zero-order valence-corrected chi connectivity index (χ0v) is 10.4. The first kappa shape index (κ1) is 12.6. The SMILES string of the molecule is CCC(=O)N(C)C(C)c1ccccc1OC. The summed E-state index contributed by atoms with van der Waals surface area (Å²) in [5.41, 5.74) is 1.04. The number of para-hydroxylation sites is 1. The van der Waals surface area contributed by atoms with Gasteiger partial charge in [-0.05, 0) is 13.0 Å². The van der Waals surface area contributed by atoms with Gasteiger partial charge in [-0.2, -0.15) is 0 Å². The number of benzene rings is 1. The second kappa shape index (κ2) is 5.54. The van der Waals surface area contributed by atoms with Gasteiger partial charge in [-0.15, -0.1) is 0 Å². The van der Waals surface area contributed by atoms with Gasteiger partial charge in [0.25, 0.3) is 0 Å². The highest BCUT2D eigenvalue weighted by Crippen LogP contribution is 2.28. The lowest BCUT2D eigenvalue weighted by molar-refractivity contribution is -0.131. The number of hydrogen-bond donors (Lipinski definition) is 0. The van der Waals surface area contributed by atoms with Crippen LogP contribution in [0.4, 0.5) is 0 Å². The molecule has 16 heavy (non-hydrogen) atoms. The third-order valence-corrected chi connectivity index (χ3v) is 2.87. The third-order valence-electron chi connectivity index (χ3n) is 2.87. The molecule has 0 radical (unpaired) electrons. The molecule has 0 heterocycles. The highest BCUT2D eigenvalue weighted by atomic mass is 16.5. The normalized spacial score (nSPS) is 12.0. The van der Waals surface area contributed by atoms with Crippen LogP contribution in [0, 0.1) is 0 Å². The minimum atomic E-state index is 0.0311. The Morgan fingerprint density at radius 1 is 1.44 bits per heavy atom. The first-order chi connectivity index (χ1) is 7.61. The lowest BCUT2D eigenvalue weighted by Crippen LogP contribution is -2.29. The van der Waals surface area contributed by atoms with E-state index in [-0.39, 0.29) is 11.9 Å². The van der Waals surface area contributed by atoms with Crippen LogP contribution >= 0.6 is 0 Å². The van der Waals surface area contributed by atoms with Crippen molar-refractivity contribution in [3.05, 3.63) is 29.8 Å². The van der Waals surface area contributed by atoms with Crippen molar-refractivity contribution >= 4 is 5.91 Å². The summed E-state index contributed by atoms with van der Waals surface area (Å²) in [7, 11) is 3.47. The van der Waals surface area contributed by atoms with E-state index in [9.17, 15) is 4.79 Å². The smallest absolute Gasteiger partial charge is 0.222 e. The van der Waals surface area contributed by atoms with Gasteiger partial charge in [0.05, 0.1) is 13.2 Å². The molecule has 0 fully saturated rings. The molecule has 1 aromatic carbocycles. The van der Waals surface area contributed by atoms with E-state index in [2.05, 4.69) is 0 Å². The lowest BCUT2D eigenvalue weighted by atomic mass is 10.1. The first-order valence-electron chi connectivity index (χ1n) is 5.50. The van der Waals surface area contributed by atoms with E-state index in [1.54, 1.807) is 12.0 Å². The van der Waals surface area contributed by atoms with Crippen molar-refractivity contribution in [2.24, 2.45) is 0 Å². The largest absolute Gasteiger partial charge is 0.496 e. The summed E-state index contributed by atoms with van der Waals surface area (Å²) in [5, 5.41) is 0. The minimum Gasteiger partial charge on any atom is -0.496 e. The Bertz CT molecular complexity index is 363. The molecule has 3 nitrogen and oxygen atoms in total. The van der Waals surface area contributed by atoms with Gasteiger partial charge in [0, 0.05) is 19.0 Å². The molecule has 3 heteroatoms. The van der Waals surface area contributed by atoms with Crippen molar-refractivity contribution in [2.45, 2.75) is 26.3 Å². The first-order valence-corrected chi connectivity index (χ1v) is 5.50. The van der Waals surface area contributed by atoms with Crippen molar-refractivity contribution in [1.29, 1.82) is 0 Å². The molecule has 0 aliphatic rings. The molecule has 88 valence electrons. The summed E-state index contributed by atoms with van der Waals surface area (Å²) in [6.07, 6.45) is 0.524. The Labute approximate surface area is 97.0 Å². The summed E-state index contributed by atoms with van der Waals surface area (Å²) >= 11 is 0. The molecule has 0 aliphatic heterocycles. The average molecular weight is 221 g/mol. The van der Waals surface area contributed by atoms with Gasteiger partial charge in [-0.1, -0.05) is 25.1 Å². The van der Waals surface area contributed by atoms with E-state index in [4.69, 9.17) is 4.74 Å². The highest BCUT2D eigenvalue weighted by molar-refractivity contribution is 5.76. The third kappa shape index (κ3) is 2.54. The van der Waals surface area contributed by atoms with Crippen molar-refractivity contribution in [3.8, 4) is 5.75 Å². The van der Waals surface area contributed by atoms with E-state index in [0.717, 1.165) is 11.3 Å². The van der Waals surface area contributed by atoms with Crippen LogP contribution in [0.3, 0.4) is 0 Å².